The molecule has 3 rings (SSSR count). The number of oxime groups is 1. The van der Waals surface area contributed by atoms with Crippen molar-refractivity contribution in [1.29, 1.82) is 0 Å². The van der Waals surface area contributed by atoms with Gasteiger partial charge in [-0.15, -0.1) is 0 Å². The van der Waals surface area contributed by atoms with E-state index in [1.54, 1.807) is 7.11 Å². The third-order valence-corrected chi connectivity index (χ3v) is 13.3. The van der Waals surface area contributed by atoms with Gasteiger partial charge in [-0.3, -0.25) is 0 Å². The third-order valence-electron chi connectivity index (χ3n) is 8.07. The summed E-state index contributed by atoms with van der Waals surface area (Å²) in [4.78, 5) is 7.71. The Kier molecular flexibility index (Phi) is 10.3. The number of halogens is 2. The Labute approximate surface area is 233 Å². The summed E-state index contributed by atoms with van der Waals surface area (Å²) < 4.78 is 6.56. The number of hydrogen-bond donors (Lipinski definition) is 1. The van der Waals surface area contributed by atoms with Crippen LogP contribution in [0, 0.1) is 0 Å². The Balaban J connectivity index is 1.76. The molecule has 1 aliphatic heterocycles. The van der Waals surface area contributed by atoms with E-state index in [4.69, 9.17) is 32.5 Å². The van der Waals surface area contributed by atoms with Crippen LogP contribution in [0.3, 0.4) is 0 Å². The van der Waals surface area contributed by atoms with Gasteiger partial charge in [-0.25, -0.2) is 0 Å². The van der Waals surface area contributed by atoms with Crippen molar-refractivity contribution in [3.05, 3.63) is 69.7 Å². The van der Waals surface area contributed by atoms with Crippen LogP contribution >= 0.6 is 23.2 Å². The molecule has 204 valence electrons. The molecule has 2 aromatic rings. The fourth-order valence-corrected chi connectivity index (χ4v) is 5.78. The van der Waals surface area contributed by atoms with E-state index in [0.717, 1.165) is 42.9 Å². The van der Waals surface area contributed by atoms with E-state index in [9.17, 15) is 5.11 Å². The molecule has 0 aromatic heterocycles. The van der Waals surface area contributed by atoms with Gasteiger partial charge in [-0.05, 0) is 67.2 Å². The number of piperidine rings is 1. The molecule has 0 spiro atoms. The van der Waals surface area contributed by atoms with Crippen LogP contribution in [0.15, 0.2) is 53.7 Å². The lowest BCUT2D eigenvalue weighted by atomic mass is 9.84. The van der Waals surface area contributed by atoms with Gasteiger partial charge in [0, 0.05) is 19.0 Å². The average Bonchev–Trinajstić information content (AvgIpc) is 2.85. The van der Waals surface area contributed by atoms with E-state index in [1.165, 1.54) is 0 Å². The molecule has 5 nitrogen and oxygen atoms in total. The van der Waals surface area contributed by atoms with Gasteiger partial charge in [-0.1, -0.05) is 85.5 Å². The standard InChI is InChI=1S/C29H42Cl2N2O3Si/c1-28(2,3)37(5,6)36-21-27(32-35-4)24(22-12-13-25(30)26(31)20-22)14-17-33-18-15-29(34,16-19-33)23-10-8-7-9-11-23/h7-13,20,24,34H,14-19,21H2,1-6H3/b32-27+. The zero-order chi connectivity index (χ0) is 27.3. The number of rotatable bonds is 10. The molecule has 0 radical (unpaired) electrons. The largest absolute Gasteiger partial charge is 0.411 e. The highest BCUT2D eigenvalue weighted by atomic mass is 35.5. The summed E-state index contributed by atoms with van der Waals surface area (Å²) in [6.07, 6.45) is 2.24. The maximum atomic E-state index is 11.2. The molecule has 0 aliphatic carbocycles. The van der Waals surface area contributed by atoms with Crippen LogP contribution in [0.2, 0.25) is 28.2 Å². The second kappa shape index (κ2) is 12.6. The Morgan fingerprint density at radius 2 is 1.73 bits per heavy atom. The smallest absolute Gasteiger partial charge is 0.192 e. The summed E-state index contributed by atoms with van der Waals surface area (Å²) >= 11 is 12.7. The first-order chi connectivity index (χ1) is 17.4. The van der Waals surface area contributed by atoms with Crippen molar-refractivity contribution in [1.82, 2.24) is 4.90 Å². The van der Waals surface area contributed by atoms with Crippen LogP contribution in [0.4, 0.5) is 0 Å². The van der Waals surface area contributed by atoms with E-state index >= 15 is 0 Å². The highest BCUT2D eigenvalue weighted by Gasteiger charge is 2.38. The number of benzene rings is 2. The first-order valence-electron chi connectivity index (χ1n) is 13.1. The Bertz CT molecular complexity index is 1050. The molecule has 1 N–H and O–H groups in total. The topological polar surface area (TPSA) is 54.3 Å². The minimum absolute atomic E-state index is 0.0329. The minimum atomic E-state index is -1.99. The van der Waals surface area contributed by atoms with Crippen molar-refractivity contribution in [3.63, 3.8) is 0 Å². The minimum Gasteiger partial charge on any atom is -0.411 e. The van der Waals surface area contributed by atoms with Crippen LogP contribution in [0.1, 0.15) is 57.1 Å². The van der Waals surface area contributed by atoms with Crippen molar-refractivity contribution in [2.75, 3.05) is 33.4 Å². The van der Waals surface area contributed by atoms with Crippen molar-refractivity contribution in [3.8, 4) is 0 Å². The predicted octanol–water partition coefficient (Wildman–Crippen LogP) is 7.47. The fourth-order valence-electron chi connectivity index (χ4n) is 4.53. The van der Waals surface area contributed by atoms with Gasteiger partial charge < -0.3 is 19.3 Å². The number of nitrogens with zero attached hydrogens (tertiary/aromatic N) is 2. The van der Waals surface area contributed by atoms with Gasteiger partial charge in [0.2, 0.25) is 0 Å². The van der Waals surface area contributed by atoms with E-state index in [-0.39, 0.29) is 11.0 Å². The van der Waals surface area contributed by atoms with Gasteiger partial charge in [-0.2, -0.15) is 0 Å². The zero-order valence-electron chi connectivity index (χ0n) is 23.1. The Morgan fingerprint density at radius 1 is 1.08 bits per heavy atom. The van der Waals surface area contributed by atoms with Gasteiger partial charge >= 0.3 is 0 Å². The molecular weight excluding hydrogens is 523 g/mol. The molecule has 0 bridgehead atoms. The lowest BCUT2D eigenvalue weighted by Gasteiger charge is -2.39. The molecule has 1 aliphatic rings. The lowest BCUT2D eigenvalue weighted by Crippen LogP contribution is -2.44. The van der Waals surface area contributed by atoms with E-state index in [0.29, 0.717) is 29.5 Å². The van der Waals surface area contributed by atoms with Gasteiger partial charge in [0.1, 0.15) is 7.11 Å². The first-order valence-corrected chi connectivity index (χ1v) is 16.7. The zero-order valence-corrected chi connectivity index (χ0v) is 25.6. The SMILES string of the molecule is CO/N=C(\CO[Si](C)(C)C(C)(C)C)C(CCN1CCC(O)(c2ccccc2)CC1)c1ccc(Cl)c(Cl)c1. The van der Waals surface area contributed by atoms with Crippen LogP contribution in [-0.4, -0.2) is 57.4 Å². The van der Waals surface area contributed by atoms with Crippen molar-refractivity contribution >= 4 is 37.2 Å². The number of hydrogen-bond acceptors (Lipinski definition) is 5. The molecular formula is C29H42Cl2N2O3Si. The van der Waals surface area contributed by atoms with Gasteiger partial charge in [0.15, 0.2) is 8.32 Å². The molecule has 0 amide bonds. The van der Waals surface area contributed by atoms with Crippen molar-refractivity contribution in [2.45, 2.75) is 69.7 Å². The summed E-state index contributed by atoms with van der Waals surface area (Å²) in [5.74, 6) is -0.0329. The summed E-state index contributed by atoms with van der Waals surface area (Å²) in [6.45, 7) is 14.1. The number of likely N-dealkylation sites (tertiary alicyclic amines) is 1. The Morgan fingerprint density at radius 3 is 2.30 bits per heavy atom. The third kappa shape index (κ3) is 7.81. The molecule has 1 saturated heterocycles. The molecule has 37 heavy (non-hydrogen) atoms. The van der Waals surface area contributed by atoms with Crippen LogP contribution in [-0.2, 0) is 14.9 Å². The Hall–Kier alpha value is -1.41. The molecule has 1 atom stereocenters. The normalized spacial score (nSPS) is 18.0. The maximum absolute atomic E-state index is 11.2. The van der Waals surface area contributed by atoms with Crippen molar-refractivity contribution < 1.29 is 14.4 Å². The second-order valence-corrected chi connectivity index (χ2v) is 17.2. The summed E-state index contributed by atoms with van der Waals surface area (Å²) in [7, 11) is -0.412. The van der Waals surface area contributed by atoms with Gasteiger partial charge in [0.25, 0.3) is 0 Å². The molecule has 2 aromatic carbocycles. The fraction of sp³-hybridized carbons (Fsp3) is 0.552. The second-order valence-electron chi connectivity index (χ2n) is 11.6. The number of aliphatic hydroxyl groups is 1. The summed E-state index contributed by atoms with van der Waals surface area (Å²) in [5, 5.41) is 16.8. The molecule has 1 heterocycles. The van der Waals surface area contributed by atoms with E-state index in [2.05, 4.69) is 43.9 Å². The summed E-state index contributed by atoms with van der Waals surface area (Å²) in [6, 6.07) is 15.8. The van der Waals surface area contributed by atoms with Gasteiger partial charge in [0.05, 0.1) is 28.0 Å². The highest BCUT2D eigenvalue weighted by molar-refractivity contribution is 6.74. The van der Waals surface area contributed by atoms with Crippen LogP contribution in [0.25, 0.3) is 0 Å². The maximum Gasteiger partial charge on any atom is 0.192 e. The molecule has 1 fully saturated rings. The molecule has 8 heteroatoms. The van der Waals surface area contributed by atoms with E-state index in [1.807, 2.05) is 48.5 Å². The summed E-state index contributed by atoms with van der Waals surface area (Å²) in [5.41, 5.74) is 2.13. The highest BCUT2D eigenvalue weighted by Crippen LogP contribution is 2.38. The molecule has 1 unspecified atom stereocenters. The van der Waals surface area contributed by atoms with Crippen molar-refractivity contribution in [2.24, 2.45) is 5.16 Å². The average molecular weight is 566 g/mol. The predicted molar refractivity (Wildman–Crippen MR) is 157 cm³/mol. The first kappa shape index (κ1) is 30.1. The molecule has 0 saturated carbocycles. The monoisotopic (exact) mass is 564 g/mol. The quantitative estimate of drug-likeness (QED) is 0.184. The van der Waals surface area contributed by atoms with Crippen LogP contribution < -0.4 is 0 Å². The van der Waals surface area contributed by atoms with Crippen LogP contribution in [0.5, 0.6) is 0 Å². The van der Waals surface area contributed by atoms with E-state index < -0.39 is 13.9 Å². The lowest BCUT2D eigenvalue weighted by molar-refractivity contribution is -0.0261.